The van der Waals surface area contributed by atoms with Gasteiger partial charge in [0.25, 0.3) is 5.91 Å². The van der Waals surface area contributed by atoms with Gasteiger partial charge in [0.1, 0.15) is 5.15 Å². The van der Waals surface area contributed by atoms with E-state index in [0.29, 0.717) is 36.5 Å². The van der Waals surface area contributed by atoms with Gasteiger partial charge in [-0.3, -0.25) is 9.59 Å². The van der Waals surface area contributed by atoms with Gasteiger partial charge in [-0.05, 0) is 43.0 Å². The summed E-state index contributed by atoms with van der Waals surface area (Å²) in [5.41, 5.74) is 1.51. The second-order valence-corrected chi connectivity index (χ2v) is 6.96. The molecule has 1 fully saturated rings. The van der Waals surface area contributed by atoms with E-state index in [-0.39, 0.29) is 28.5 Å². The molecule has 1 aromatic heterocycles. The van der Waals surface area contributed by atoms with Crippen molar-refractivity contribution in [1.82, 2.24) is 14.9 Å². The lowest BCUT2D eigenvalue weighted by atomic mass is 9.93. The molecule has 1 aliphatic rings. The monoisotopic (exact) mass is 398 g/mol. The highest BCUT2D eigenvalue weighted by atomic mass is 35.5. The lowest BCUT2D eigenvalue weighted by Crippen LogP contribution is -2.39. The van der Waals surface area contributed by atoms with E-state index in [0.717, 1.165) is 12.8 Å². The molecule has 2 heterocycles. The zero-order valence-corrected chi connectivity index (χ0v) is 16.1. The van der Waals surface area contributed by atoms with Gasteiger partial charge >= 0.3 is 5.97 Å². The highest BCUT2D eigenvalue weighted by Crippen LogP contribution is 2.25. The van der Waals surface area contributed by atoms with Gasteiger partial charge in [-0.1, -0.05) is 11.6 Å². The van der Waals surface area contributed by atoms with Crippen LogP contribution in [0.15, 0.2) is 30.5 Å². The van der Waals surface area contributed by atoms with Crippen LogP contribution in [-0.2, 0) is 9.53 Å². The third kappa shape index (κ3) is 4.46. The highest BCUT2D eigenvalue weighted by molar-refractivity contribution is 6.32. The molecule has 28 heavy (non-hydrogen) atoms. The summed E-state index contributed by atoms with van der Waals surface area (Å²) in [5, 5.41) is 8.96. The summed E-state index contributed by atoms with van der Waals surface area (Å²) >= 11 is 6.26. The molecular weight excluding hydrogens is 380 g/mol. The zero-order chi connectivity index (χ0) is 20.1. The summed E-state index contributed by atoms with van der Waals surface area (Å²) in [7, 11) is 1.38. The first-order chi connectivity index (χ1) is 13.5. The number of aromatic nitrogens is 2. The topological polar surface area (TPSA) is 96.2 Å². The normalized spacial score (nSPS) is 14.4. The number of carbonyl (C=O) groups is 2. The first kappa shape index (κ1) is 19.8. The Kier molecular flexibility index (Phi) is 6.22. The number of hydrogen-bond donors (Lipinski definition) is 0. The Morgan fingerprint density at radius 2 is 1.96 bits per heavy atom. The maximum atomic E-state index is 12.8. The SMILES string of the molecule is COC(=O)CC1CCN(C(=O)c2cnc(-c3ccc(C#N)cc3)nc2Cl)CC1. The third-order valence-electron chi connectivity index (χ3n) is 4.83. The van der Waals surface area contributed by atoms with Crippen LogP contribution in [0.4, 0.5) is 0 Å². The van der Waals surface area contributed by atoms with Gasteiger partial charge in [-0.25, -0.2) is 9.97 Å². The molecule has 1 aliphatic heterocycles. The van der Waals surface area contributed by atoms with Crippen molar-refractivity contribution in [2.24, 2.45) is 5.92 Å². The zero-order valence-electron chi connectivity index (χ0n) is 15.4. The molecule has 2 aromatic rings. The van der Waals surface area contributed by atoms with Gasteiger partial charge in [-0.2, -0.15) is 5.26 Å². The molecule has 0 saturated carbocycles. The maximum absolute atomic E-state index is 12.8. The van der Waals surface area contributed by atoms with Crippen molar-refractivity contribution in [3.63, 3.8) is 0 Å². The van der Waals surface area contributed by atoms with Crippen molar-refractivity contribution in [3.8, 4) is 17.5 Å². The summed E-state index contributed by atoms with van der Waals surface area (Å²) in [5.74, 6) is 0.178. The fourth-order valence-electron chi connectivity index (χ4n) is 3.17. The maximum Gasteiger partial charge on any atom is 0.305 e. The van der Waals surface area contributed by atoms with Crippen molar-refractivity contribution in [2.45, 2.75) is 19.3 Å². The van der Waals surface area contributed by atoms with E-state index in [1.165, 1.54) is 13.3 Å². The number of methoxy groups -OCH3 is 1. The second-order valence-electron chi connectivity index (χ2n) is 6.60. The number of rotatable bonds is 4. The molecule has 0 atom stereocenters. The van der Waals surface area contributed by atoms with Crippen LogP contribution in [0.2, 0.25) is 5.15 Å². The van der Waals surface area contributed by atoms with Gasteiger partial charge in [-0.15, -0.1) is 0 Å². The molecule has 0 radical (unpaired) electrons. The summed E-state index contributed by atoms with van der Waals surface area (Å²) in [6.45, 7) is 1.10. The molecular formula is C20H19ClN4O3. The van der Waals surface area contributed by atoms with Gasteiger partial charge in [0.05, 0.1) is 24.3 Å². The number of carbonyl (C=O) groups excluding carboxylic acids is 2. The van der Waals surface area contributed by atoms with E-state index in [2.05, 4.69) is 16.0 Å². The van der Waals surface area contributed by atoms with Gasteiger partial charge in [0, 0.05) is 31.3 Å². The fraction of sp³-hybridized carbons (Fsp3) is 0.350. The summed E-state index contributed by atoms with van der Waals surface area (Å²) < 4.78 is 4.70. The number of esters is 1. The number of ether oxygens (including phenoxy) is 1. The van der Waals surface area contributed by atoms with E-state index in [1.807, 2.05) is 0 Å². The summed E-state index contributed by atoms with van der Waals surface area (Å²) in [6, 6.07) is 8.86. The quantitative estimate of drug-likeness (QED) is 0.580. The molecule has 1 amide bonds. The van der Waals surface area contributed by atoms with Crippen LogP contribution < -0.4 is 0 Å². The van der Waals surface area contributed by atoms with E-state index < -0.39 is 0 Å². The number of benzene rings is 1. The molecule has 1 aromatic carbocycles. The number of nitrogens with zero attached hydrogens (tertiary/aromatic N) is 4. The largest absolute Gasteiger partial charge is 0.469 e. The standard InChI is InChI=1S/C20H19ClN4O3/c1-28-17(26)10-13-6-8-25(9-7-13)20(27)16-12-23-19(24-18(16)21)15-4-2-14(11-22)3-5-15/h2-5,12-13H,6-10H2,1H3. The lowest BCUT2D eigenvalue weighted by Gasteiger charge is -2.31. The van der Waals surface area contributed by atoms with E-state index in [4.69, 9.17) is 21.6 Å². The van der Waals surface area contributed by atoms with Gasteiger partial charge in [0.2, 0.25) is 0 Å². The molecule has 1 saturated heterocycles. The van der Waals surface area contributed by atoms with Crippen molar-refractivity contribution in [2.75, 3.05) is 20.2 Å². The summed E-state index contributed by atoms with van der Waals surface area (Å²) in [4.78, 5) is 34.4. The molecule has 0 aliphatic carbocycles. The minimum absolute atomic E-state index is 0.0936. The van der Waals surface area contributed by atoms with Crippen LogP contribution in [0.3, 0.4) is 0 Å². The number of piperidine rings is 1. The first-order valence-electron chi connectivity index (χ1n) is 8.91. The van der Waals surface area contributed by atoms with Crippen LogP contribution in [-0.4, -0.2) is 46.9 Å². The Labute approximate surface area is 167 Å². The smallest absolute Gasteiger partial charge is 0.305 e. The van der Waals surface area contributed by atoms with Crippen LogP contribution in [0, 0.1) is 17.2 Å². The molecule has 0 spiro atoms. The summed E-state index contributed by atoms with van der Waals surface area (Å²) in [6.07, 6.45) is 3.29. The number of halogens is 1. The number of amides is 1. The van der Waals surface area contributed by atoms with Crippen molar-refractivity contribution >= 4 is 23.5 Å². The Bertz CT molecular complexity index is 916. The Balaban J connectivity index is 1.68. The predicted molar refractivity (Wildman–Crippen MR) is 102 cm³/mol. The average Bonchev–Trinajstić information content (AvgIpc) is 2.73. The van der Waals surface area contributed by atoms with E-state index in [1.54, 1.807) is 29.2 Å². The second kappa shape index (κ2) is 8.81. The lowest BCUT2D eigenvalue weighted by molar-refractivity contribution is -0.142. The number of nitriles is 1. The van der Waals surface area contributed by atoms with E-state index in [9.17, 15) is 9.59 Å². The van der Waals surface area contributed by atoms with Crippen LogP contribution in [0.1, 0.15) is 35.2 Å². The van der Waals surface area contributed by atoms with E-state index >= 15 is 0 Å². The highest BCUT2D eigenvalue weighted by Gasteiger charge is 2.27. The minimum Gasteiger partial charge on any atom is -0.469 e. The first-order valence-corrected chi connectivity index (χ1v) is 9.28. The predicted octanol–water partition coefficient (Wildman–Crippen LogP) is 3.08. The Hall–Kier alpha value is -2.98. The molecule has 0 unspecified atom stereocenters. The van der Waals surface area contributed by atoms with Crippen molar-refractivity contribution in [3.05, 3.63) is 46.7 Å². The Morgan fingerprint density at radius 3 is 2.54 bits per heavy atom. The molecule has 0 bridgehead atoms. The van der Waals surface area contributed by atoms with Crippen molar-refractivity contribution < 1.29 is 14.3 Å². The third-order valence-corrected chi connectivity index (χ3v) is 5.12. The molecule has 3 rings (SSSR count). The molecule has 0 N–H and O–H groups in total. The van der Waals surface area contributed by atoms with Crippen LogP contribution in [0.5, 0.6) is 0 Å². The molecule has 8 heteroatoms. The minimum atomic E-state index is -0.223. The fourth-order valence-corrected chi connectivity index (χ4v) is 3.38. The average molecular weight is 399 g/mol. The van der Waals surface area contributed by atoms with Gasteiger partial charge in [0.15, 0.2) is 5.82 Å². The van der Waals surface area contributed by atoms with Crippen LogP contribution >= 0.6 is 11.6 Å². The number of likely N-dealkylation sites (tertiary alicyclic amines) is 1. The molecule has 144 valence electrons. The van der Waals surface area contributed by atoms with Gasteiger partial charge < -0.3 is 9.64 Å². The van der Waals surface area contributed by atoms with Crippen LogP contribution in [0.25, 0.3) is 11.4 Å². The molecule has 7 nitrogen and oxygen atoms in total. The number of hydrogen-bond acceptors (Lipinski definition) is 6. The Morgan fingerprint density at radius 1 is 1.29 bits per heavy atom. The van der Waals surface area contributed by atoms with Crippen molar-refractivity contribution in [1.29, 1.82) is 5.26 Å².